The normalized spacial score (nSPS) is 12.0. The lowest BCUT2D eigenvalue weighted by atomic mass is 10.2. The number of fused-ring (bicyclic) bond motifs is 1. The third kappa shape index (κ3) is 2.56. The monoisotopic (exact) mass is 311 g/mol. The molecule has 0 radical (unpaired) electrons. The maximum Gasteiger partial charge on any atom is 0.443 e. The molecular formula is C14H8F3NO2S. The molecule has 0 bridgehead atoms. The van der Waals surface area contributed by atoms with Gasteiger partial charge in [0, 0.05) is 11.6 Å². The van der Waals surface area contributed by atoms with Crippen molar-refractivity contribution in [2.45, 2.75) is 13.1 Å². The summed E-state index contributed by atoms with van der Waals surface area (Å²) in [6.07, 6.45) is -3.62. The van der Waals surface area contributed by atoms with Crippen molar-refractivity contribution < 1.29 is 22.4 Å². The Kier molecular flexibility index (Phi) is 3.09. The average Bonchev–Trinajstić information content (AvgIpc) is 3.03. The first-order chi connectivity index (χ1) is 9.84. The van der Waals surface area contributed by atoms with Crippen molar-refractivity contribution in [3.8, 4) is 0 Å². The van der Waals surface area contributed by atoms with Crippen LogP contribution in [0.15, 0.2) is 34.9 Å². The summed E-state index contributed by atoms with van der Waals surface area (Å²) < 4.78 is 42.9. The Hall–Kier alpha value is -2.15. The SMILES string of the molecule is Cc1ccc2oc(C(=O)c3cnc(C(F)(F)F)s3)cc2c1. The highest BCUT2D eigenvalue weighted by Crippen LogP contribution is 2.33. The van der Waals surface area contributed by atoms with Crippen LogP contribution in [0.2, 0.25) is 0 Å². The number of carbonyl (C=O) groups excluding carboxylic acids is 1. The lowest BCUT2D eigenvalue weighted by Gasteiger charge is -1.98. The highest BCUT2D eigenvalue weighted by atomic mass is 32.1. The first-order valence-corrected chi connectivity index (χ1v) is 6.74. The highest BCUT2D eigenvalue weighted by Gasteiger charge is 2.35. The van der Waals surface area contributed by atoms with Crippen LogP contribution in [0, 0.1) is 6.92 Å². The predicted molar refractivity (Wildman–Crippen MR) is 71.5 cm³/mol. The van der Waals surface area contributed by atoms with Gasteiger partial charge in [-0.1, -0.05) is 11.6 Å². The van der Waals surface area contributed by atoms with E-state index < -0.39 is 17.0 Å². The minimum absolute atomic E-state index is 0.00738. The lowest BCUT2D eigenvalue weighted by molar-refractivity contribution is -0.137. The Balaban J connectivity index is 1.98. The van der Waals surface area contributed by atoms with Gasteiger partial charge >= 0.3 is 6.18 Å². The second-order valence-electron chi connectivity index (χ2n) is 4.51. The van der Waals surface area contributed by atoms with Crippen LogP contribution in [0.3, 0.4) is 0 Å². The van der Waals surface area contributed by atoms with Crippen LogP contribution in [-0.4, -0.2) is 10.8 Å². The van der Waals surface area contributed by atoms with Crippen molar-refractivity contribution in [2.24, 2.45) is 0 Å². The van der Waals surface area contributed by atoms with Crippen LogP contribution in [0.25, 0.3) is 11.0 Å². The van der Waals surface area contributed by atoms with Gasteiger partial charge in [-0.05, 0) is 25.1 Å². The Labute approximate surface area is 121 Å². The summed E-state index contributed by atoms with van der Waals surface area (Å²) >= 11 is 0.310. The zero-order valence-electron chi connectivity index (χ0n) is 10.7. The Bertz CT molecular complexity index is 832. The minimum atomic E-state index is -4.55. The smallest absolute Gasteiger partial charge is 0.443 e. The van der Waals surface area contributed by atoms with Crippen molar-refractivity contribution in [3.63, 3.8) is 0 Å². The Morgan fingerprint density at radius 2 is 2.05 bits per heavy atom. The van der Waals surface area contributed by atoms with E-state index in [0.717, 1.165) is 17.1 Å². The van der Waals surface area contributed by atoms with E-state index in [4.69, 9.17) is 4.42 Å². The van der Waals surface area contributed by atoms with Gasteiger partial charge in [-0.25, -0.2) is 4.98 Å². The molecule has 1 aromatic carbocycles. The number of hydrogen-bond acceptors (Lipinski definition) is 4. The summed E-state index contributed by atoms with van der Waals surface area (Å²) in [5.41, 5.74) is 1.52. The van der Waals surface area contributed by atoms with Crippen LogP contribution in [0.4, 0.5) is 13.2 Å². The number of aryl methyl sites for hydroxylation is 1. The zero-order valence-corrected chi connectivity index (χ0v) is 11.5. The quantitative estimate of drug-likeness (QED) is 0.657. The van der Waals surface area contributed by atoms with Crippen molar-refractivity contribution in [2.75, 3.05) is 0 Å². The maximum atomic E-state index is 12.5. The molecule has 3 nitrogen and oxygen atoms in total. The van der Waals surface area contributed by atoms with E-state index in [0.29, 0.717) is 16.9 Å². The third-order valence-electron chi connectivity index (χ3n) is 2.87. The van der Waals surface area contributed by atoms with E-state index in [9.17, 15) is 18.0 Å². The zero-order chi connectivity index (χ0) is 15.2. The van der Waals surface area contributed by atoms with Crippen LogP contribution in [0.5, 0.6) is 0 Å². The minimum Gasteiger partial charge on any atom is -0.453 e. The van der Waals surface area contributed by atoms with E-state index in [-0.39, 0.29) is 10.6 Å². The molecule has 0 fully saturated rings. The van der Waals surface area contributed by atoms with Crippen LogP contribution in [-0.2, 0) is 6.18 Å². The molecule has 0 unspecified atom stereocenters. The van der Waals surface area contributed by atoms with E-state index in [1.165, 1.54) is 6.07 Å². The van der Waals surface area contributed by atoms with Crippen molar-refractivity contribution in [1.29, 1.82) is 0 Å². The molecule has 0 atom stereocenters. The molecule has 0 saturated carbocycles. The number of furan rings is 1. The molecule has 7 heteroatoms. The molecule has 0 saturated heterocycles. The van der Waals surface area contributed by atoms with Gasteiger partial charge in [0.25, 0.3) is 0 Å². The van der Waals surface area contributed by atoms with Crippen LogP contribution < -0.4 is 0 Å². The molecule has 0 N–H and O–H groups in total. The fourth-order valence-electron chi connectivity index (χ4n) is 1.91. The summed E-state index contributed by atoms with van der Waals surface area (Å²) in [6, 6.07) is 6.91. The second kappa shape index (κ2) is 4.70. The van der Waals surface area contributed by atoms with Crippen LogP contribution >= 0.6 is 11.3 Å². The molecule has 0 amide bonds. The van der Waals surface area contributed by atoms with Gasteiger partial charge in [0.05, 0.1) is 4.88 Å². The number of rotatable bonds is 2. The molecule has 21 heavy (non-hydrogen) atoms. The number of hydrogen-bond donors (Lipinski definition) is 0. The number of benzene rings is 1. The molecule has 2 heterocycles. The third-order valence-corrected chi connectivity index (χ3v) is 3.91. The molecule has 0 aliphatic rings. The van der Waals surface area contributed by atoms with Gasteiger partial charge in [-0.3, -0.25) is 4.79 Å². The molecule has 0 aliphatic carbocycles. The van der Waals surface area contributed by atoms with Gasteiger partial charge in [-0.15, -0.1) is 11.3 Å². The summed E-state index contributed by atoms with van der Waals surface area (Å²) in [4.78, 5) is 15.3. The molecule has 0 aliphatic heterocycles. The second-order valence-corrected chi connectivity index (χ2v) is 5.54. The molecule has 3 aromatic rings. The highest BCUT2D eigenvalue weighted by molar-refractivity contribution is 7.13. The number of carbonyl (C=O) groups is 1. The van der Waals surface area contributed by atoms with E-state index in [1.54, 1.807) is 6.07 Å². The van der Waals surface area contributed by atoms with Crippen LogP contribution in [0.1, 0.15) is 26.0 Å². The number of aromatic nitrogens is 1. The van der Waals surface area contributed by atoms with Crippen molar-refractivity contribution in [1.82, 2.24) is 4.98 Å². The largest absolute Gasteiger partial charge is 0.453 e. The molecule has 108 valence electrons. The van der Waals surface area contributed by atoms with Gasteiger partial charge < -0.3 is 4.42 Å². The van der Waals surface area contributed by atoms with Gasteiger partial charge in [0.2, 0.25) is 5.78 Å². The van der Waals surface area contributed by atoms with Gasteiger partial charge in [0.15, 0.2) is 10.8 Å². The number of thiazole rings is 1. The average molecular weight is 311 g/mol. The maximum absolute atomic E-state index is 12.5. The molecule has 3 rings (SSSR count). The fourth-order valence-corrected chi connectivity index (χ4v) is 2.63. The van der Waals surface area contributed by atoms with E-state index >= 15 is 0 Å². The van der Waals surface area contributed by atoms with E-state index in [1.807, 2.05) is 19.1 Å². The Morgan fingerprint density at radius 1 is 1.29 bits per heavy atom. The standard InChI is InChI=1S/C14H8F3NO2S/c1-7-2-3-9-8(4-7)5-10(20-9)12(19)11-6-18-13(21-11)14(15,16)17/h2-6H,1H3. The fraction of sp³-hybridized carbons (Fsp3) is 0.143. The first-order valence-electron chi connectivity index (χ1n) is 5.92. The Morgan fingerprint density at radius 3 is 2.71 bits per heavy atom. The number of halogens is 3. The molecular weight excluding hydrogens is 303 g/mol. The van der Waals surface area contributed by atoms with Gasteiger partial charge in [0.1, 0.15) is 5.58 Å². The molecule has 0 spiro atoms. The van der Waals surface area contributed by atoms with Crippen molar-refractivity contribution >= 4 is 28.1 Å². The number of nitrogens with zero attached hydrogens (tertiary/aromatic N) is 1. The summed E-state index contributed by atoms with van der Waals surface area (Å²) in [5, 5.41) is -0.309. The van der Waals surface area contributed by atoms with Gasteiger partial charge in [-0.2, -0.15) is 13.2 Å². The number of ketones is 1. The topological polar surface area (TPSA) is 43.1 Å². The predicted octanol–water partition coefficient (Wildman–Crippen LogP) is 4.45. The lowest BCUT2D eigenvalue weighted by Crippen LogP contribution is -2.03. The summed E-state index contributed by atoms with van der Waals surface area (Å²) in [5.74, 6) is -0.593. The first kappa shape index (κ1) is 13.8. The van der Waals surface area contributed by atoms with Crippen molar-refractivity contribution in [3.05, 3.63) is 51.7 Å². The molecule has 2 aromatic heterocycles. The van der Waals surface area contributed by atoms with E-state index in [2.05, 4.69) is 4.98 Å². The summed E-state index contributed by atoms with van der Waals surface area (Å²) in [7, 11) is 0. The summed E-state index contributed by atoms with van der Waals surface area (Å²) in [6.45, 7) is 1.90. The number of alkyl halides is 3.